The maximum absolute atomic E-state index is 12.2. The van der Waals surface area contributed by atoms with E-state index in [1.807, 2.05) is 60.7 Å². The van der Waals surface area contributed by atoms with E-state index in [0.29, 0.717) is 18.1 Å². The highest BCUT2D eigenvalue weighted by Crippen LogP contribution is 2.32. The molecule has 0 bridgehead atoms. The number of carbonyl (C=O) groups excluding carboxylic acids is 1. The van der Waals surface area contributed by atoms with E-state index in [2.05, 4.69) is 4.99 Å². The minimum Gasteiger partial charge on any atom is -0.481 e. The van der Waals surface area contributed by atoms with Crippen molar-refractivity contribution >= 4 is 11.7 Å². The first-order valence-electron chi connectivity index (χ1n) is 7.94. The molecule has 0 aromatic heterocycles. The summed E-state index contributed by atoms with van der Waals surface area (Å²) in [4.78, 5) is 16.8. The third-order valence-corrected chi connectivity index (χ3v) is 3.75. The summed E-state index contributed by atoms with van der Waals surface area (Å²) in [5.74, 6) is 0.0110. The van der Waals surface area contributed by atoms with Crippen molar-refractivity contribution in [3.05, 3.63) is 83.2 Å². The number of aliphatic imine (C=N–C) groups is 1. The van der Waals surface area contributed by atoms with Gasteiger partial charge in [-0.1, -0.05) is 60.7 Å². The average Bonchev–Trinajstić information content (AvgIpc) is 2.63. The van der Waals surface area contributed by atoms with E-state index in [-0.39, 0.29) is 11.8 Å². The lowest BCUT2D eigenvalue weighted by Crippen LogP contribution is -2.24. The number of rotatable bonds is 4. The molecule has 0 radical (unpaired) electrons. The third-order valence-electron chi connectivity index (χ3n) is 3.75. The van der Waals surface area contributed by atoms with E-state index in [1.165, 1.54) is 0 Å². The van der Waals surface area contributed by atoms with Gasteiger partial charge in [0, 0.05) is 5.56 Å². The predicted molar refractivity (Wildman–Crippen MR) is 92.6 cm³/mol. The van der Waals surface area contributed by atoms with Gasteiger partial charge < -0.3 is 9.47 Å². The molecule has 0 saturated heterocycles. The zero-order valence-electron chi connectivity index (χ0n) is 13.7. The summed E-state index contributed by atoms with van der Waals surface area (Å²) in [5, 5.41) is 0. The van der Waals surface area contributed by atoms with Gasteiger partial charge in [-0.3, -0.25) is 0 Å². The van der Waals surface area contributed by atoms with Gasteiger partial charge >= 0.3 is 5.97 Å². The number of hydrogen-bond acceptors (Lipinski definition) is 4. The van der Waals surface area contributed by atoms with Gasteiger partial charge in [0.15, 0.2) is 11.8 Å². The molecule has 0 spiro atoms. The molecule has 1 unspecified atom stereocenters. The van der Waals surface area contributed by atoms with Crippen molar-refractivity contribution in [2.24, 2.45) is 4.99 Å². The standard InChI is InChI=1S/C20H19NO3/c1-3-23-20(22)17-14(2)24-19(16-12-8-5-9-13-16)18(21-17)15-10-6-4-7-11-15/h4-13,19H,3H2,1-2H3. The average molecular weight is 321 g/mol. The quantitative estimate of drug-likeness (QED) is 0.798. The number of esters is 1. The molecule has 1 atom stereocenters. The number of hydrogen-bond donors (Lipinski definition) is 0. The zero-order valence-corrected chi connectivity index (χ0v) is 13.7. The van der Waals surface area contributed by atoms with Gasteiger partial charge in [0.1, 0.15) is 5.76 Å². The number of allylic oxidation sites excluding steroid dienone is 1. The molecule has 1 heterocycles. The molecule has 24 heavy (non-hydrogen) atoms. The van der Waals surface area contributed by atoms with E-state index in [1.54, 1.807) is 13.8 Å². The fourth-order valence-corrected chi connectivity index (χ4v) is 2.61. The lowest BCUT2D eigenvalue weighted by molar-refractivity contribution is -0.138. The smallest absolute Gasteiger partial charge is 0.360 e. The molecule has 122 valence electrons. The van der Waals surface area contributed by atoms with E-state index in [0.717, 1.165) is 11.1 Å². The summed E-state index contributed by atoms with van der Waals surface area (Å²) in [6.07, 6.45) is -0.355. The Bertz CT molecular complexity index is 779. The summed E-state index contributed by atoms with van der Waals surface area (Å²) in [5.41, 5.74) is 2.83. The second-order valence-electron chi connectivity index (χ2n) is 5.40. The highest BCUT2D eigenvalue weighted by molar-refractivity contribution is 6.08. The van der Waals surface area contributed by atoms with Crippen LogP contribution in [-0.4, -0.2) is 18.3 Å². The summed E-state index contributed by atoms with van der Waals surface area (Å²) in [6.45, 7) is 3.81. The van der Waals surface area contributed by atoms with Crippen LogP contribution in [0, 0.1) is 0 Å². The molecule has 0 saturated carbocycles. The van der Waals surface area contributed by atoms with Crippen LogP contribution in [0.4, 0.5) is 0 Å². The SMILES string of the molecule is CCOC(=O)C1=C(C)OC(c2ccccc2)C(c2ccccc2)=N1. The lowest BCUT2D eigenvalue weighted by atomic mass is 9.97. The second kappa shape index (κ2) is 7.13. The first-order valence-corrected chi connectivity index (χ1v) is 7.94. The largest absolute Gasteiger partial charge is 0.481 e. The van der Waals surface area contributed by atoms with Crippen LogP contribution in [0.25, 0.3) is 0 Å². The van der Waals surface area contributed by atoms with E-state index >= 15 is 0 Å². The third kappa shape index (κ3) is 3.23. The van der Waals surface area contributed by atoms with Crippen LogP contribution in [0.1, 0.15) is 31.1 Å². The Labute approximate surface area is 141 Å². The Balaban J connectivity index is 2.07. The second-order valence-corrected chi connectivity index (χ2v) is 5.40. The molecule has 3 rings (SSSR count). The van der Waals surface area contributed by atoms with Gasteiger partial charge in [-0.15, -0.1) is 0 Å². The molecular formula is C20H19NO3. The topological polar surface area (TPSA) is 47.9 Å². The van der Waals surface area contributed by atoms with E-state index in [4.69, 9.17) is 9.47 Å². The maximum Gasteiger partial charge on any atom is 0.360 e. The van der Waals surface area contributed by atoms with E-state index < -0.39 is 5.97 Å². The van der Waals surface area contributed by atoms with Crippen molar-refractivity contribution in [3.8, 4) is 0 Å². The van der Waals surface area contributed by atoms with E-state index in [9.17, 15) is 4.79 Å². The minimum atomic E-state index is -0.463. The predicted octanol–water partition coefficient (Wildman–Crippen LogP) is 4.04. The molecule has 1 aliphatic rings. The Morgan fingerprint density at radius 3 is 2.33 bits per heavy atom. The fourth-order valence-electron chi connectivity index (χ4n) is 2.61. The molecule has 4 nitrogen and oxygen atoms in total. The summed E-state index contributed by atoms with van der Waals surface area (Å²) >= 11 is 0. The van der Waals surface area contributed by atoms with Crippen LogP contribution in [-0.2, 0) is 14.3 Å². The van der Waals surface area contributed by atoms with Crippen molar-refractivity contribution < 1.29 is 14.3 Å². The highest BCUT2D eigenvalue weighted by atomic mass is 16.5. The number of carbonyl (C=O) groups is 1. The van der Waals surface area contributed by atoms with Crippen LogP contribution in [0.5, 0.6) is 0 Å². The molecular weight excluding hydrogens is 302 g/mol. The molecule has 0 amide bonds. The summed E-state index contributed by atoms with van der Waals surface area (Å²) in [6, 6.07) is 19.6. The van der Waals surface area contributed by atoms with Crippen LogP contribution in [0.3, 0.4) is 0 Å². The molecule has 1 aliphatic heterocycles. The van der Waals surface area contributed by atoms with Gasteiger partial charge in [0.05, 0.1) is 12.3 Å². The van der Waals surface area contributed by atoms with Crippen molar-refractivity contribution in [2.45, 2.75) is 20.0 Å². The maximum atomic E-state index is 12.2. The van der Waals surface area contributed by atoms with Crippen LogP contribution >= 0.6 is 0 Å². The lowest BCUT2D eigenvalue weighted by Gasteiger charge is -2.27. The Morgan fingerprint density at radius 2 is 1.71 bits per heavy atom. The van der Waals surface area contributed by atoms with Gasteiger partial charge in [-0.2, -0.15) is 0 Å². The van der Waals surface area contributed by atoms with Crippen LogP contribution in [0.2, 0.25) is 0 Å². The monoisotopic (exact) mass is 321 g/mol. The molecule has 0 fully saturated rings. The van der Waals surface area contributed by atoms with Gasteiger partial charge in [-0.25, -0.2) is 9.79 Å². The molecule has 4 heteroatoms. The van der Waals surface area contributed by atoms with Crippen molar-refractivity contribution in [3.63, 3.8) is 0 Å². The van der Waals surface area contributed by atoms with Crippen molar-refractivity contribution in [1.82, 2.24) is 0 Å². The molecule has 2 aromatic rings. The first-order chi connectivity index (χ1) is 11.7. The van der Waals surface area contributed by atoms with Crippen molar-refractivity contribution in [1.29, 1.82) is 0 Å². The number of benzene rings is 2. The first kappa shape index (κ1) is 16.0. The highest BCUT2D eigenvalue weighted by Gasteiger charge is 2.30. The van der Waals surface area contributed by atoms with Gasteiger partial charge in [-0.05, 0) is 19.4 Å². The Hall–Kier alpha value is -2.88. The number of nitrogens with zero attached hydrogens (tertiary/aromatic N) is 1. The zero-order chi connectivity index (χ0) is 16.9. The summed E-state index contributed by atoms with van der Waals surface area (Å²) in [7, 11) is 0. The normalized spacial score (nSPS) is 17.1. The Morgan fingerprint density at radius 1 is 1.08 bits per heavy atom. The number of ether oxygens (including phenoxy) is 2. The molecule has 0 N–H and O–H groups in total. The summed E-state index contributed by atoms with van der Waals surface area (Å²) < 4.78 is 11.2. The van der Waals surface area contributed by atoms with Crippen LogP contribution < -0.4 is 0 Å². The van der Waals surface area contributed by atoms with Crippen LogP contribution in [0.15, 0.2) is 77.1 Å². The minimum absolute atomic E-state index is 0.225. The fraction of sp³-hybridized carbons (Fsp3) is 0.200. The molecule has 0 aliphatic carbocycles. The molecule has 2 aromatic carbocycles. The van der Waals surface area contributed by atoms with Gasteiger partial charge in [0.2, 0.25) is 0 Å². The Kier molecular flexibility index (Phi) is 4.75. The van der Waals surface area contributed by atoms with Crippen molar-refractivity contribution in [2.75, 3.05) is 6.61 Å². The van der Waals surface area contributed by atoms with Gasteiger partial charge in [0.25, 0.3) is 0 Å².